The minimum Gasteiger partial charge on any atom is -0.344 e. The van der Waals surface area contributed by atoms with E-state index in [4.69, 9.17) is 0 Å². The van der Waals surface area contributed by atoms with Gasteiger partial charge in [-0.3, -0.25) is 10.1 Å². The predicted octanol–water partition coefficient (Wildman–Crippen LogP) is 5.43. The van der Waals surface area contributed by atoms with Crippen molar-refractivity contribution in [2.75, 3.05) is 0 Å². The zero-order valence-corrected chi connectivity index (χ0v) is 15.1. The van der Waals surface area contributed by atoms with E-state index >= 15 is 0 Å². The molecule has 0 fully saturated rings. The highest BCUT2D eigenvalue weighted by atomic mass is 19.1. The van der Waals surface area contributed by atoms with Crippen molar-refractivity contribution in [3.05, 3.63) is 87.0 Å². The molecule has 0 aliphatic heterocycles. The largest absolute Gasteiger partial charge is 0.344 e. The summed E-state index contributed by atoms with van der Waals surface area (Å²) in [5, 5.41) is 10.9. The number of hydrogen-bond acceptors (Lipinski definition) is 2. The van der Waals surface area contributed by atoms with Crippen LogP contribution in [0.1, 0.15) is 29.4 Å². The highest BCUT2D eigenvalue weighted by molar-refractivity contribution is 5.73. The predicted molar refractivity (Wildman–Crippen MR) is 101 cm³/mol. The molecule has 4 nitrogen and oxygen atoms in total. The molecule has 3 aromatic rings. The van der Waals surface area contributed by atoms with Crippen LogP contribution in [-0.2, 0) is 13.0 Å². The molecule has 0 radical (unpaired) electrons. The second kappa shape index (κ2) is 7.12. The zero-order valence-electron chi connectivity index (χ0n) is 15.1. The van der Waals surface area contributed by atoms with E-state index in [1.54, 1.807) is 36.4 Å². The molecule has 0 aliphatic carbocycles. The van der Waals surface area contributed by atoms with Crippen molar-refractivity contribution < 1.29 is 9.31 Å². The van der Waals surface area contributed by atoms with Crippen LogP contribution in [0.2, 0.25) is 0 Å². The van der Waals surface area contributed by atoms with Crippen molar-refractivity contribution in [1.29, 1.82) is 0 Å². The van der Waals surface area contributed by atoms with Crippen molar-refractivity contribution in [1.82, 2.24) is 4.57 Å². The summed E-state index contributed by atoms with van der Waals surface area (Å²) in [7, 11) is 0. The van der Waals surface area contributed by atoms with Crippen LogP contribution in [0, 0.1) is 29.8 Å². The number of nitro benzene ring substituents is 1. The van der Waals surface area contributed by atoms with E-state index in [1.165, 1.54) is 23.4 Å². The van der Waals surface area contributed by atoms with Crippen LogP contribution in [0.3, 0.4) is 0 Å². The molecule has 0 saturated carbocycles. The van der Waals surface area contributed by atoms with E-state index < -0.39 is 0 Å². The molecule has 0 aliphatic rings. The third-order valence-corrected chi connectivity index (χ3v) is 4.88. The summed E-state index contributed by atoms with van der Waals surface area (Å²) < 4.78 is 15.4. The van der Waals surface area contributed by atoms with Gasteiger partial charge in [-0.1, -0.05) is 19.1 Å². The molecule has 0 spiro atoms. The van der Waals surface area contributed by atoms with Gasteiger partial charge in [0.2, 0.25) is 0 Å². The molecule has 0 atom stereocenters. The summed E-state index contributed by atoms with van der Waals surface area (Å²) in [6.45, 7) is 6.92. The first-order chi connectivity index (χ1) is 12.4. The molecule has 0 bridgehead atoms. The lowest BCUT2D eigenvalue weighted by Gasteiger charge is -2.10. The van der Waals surface area contributed by atoms with Crippen LogP contribution >= 0.6 is 0 Å². The third-order valence-electron chi connectivity index (χ3n) is 4.88. The Bertz CT molecular complexity index is 942. The third kappa shape index (κ3) is 3.25. The van der Waals surface area contributed by atoms with Crippen LogP contribution in [0.4, 0.5) is 10.1 Å². The fourth-order valence-electron chi connectivity index (χ4n) is 3.52. The van der Waals surface area contributed by atoms with Gasteiger partial charge in [0, 0.05) is 35.6 Å². The first-order valence-corrected chi connectivity index (χ1v) is 8.60. The van der Waals surface area contributed by atoms with Gasteiger partial charge in [0.1, 0.15) is 5.82 Å². The molecular weight excluding hydrogens is 331 g/mol. The minimum absolute atomic E-state index is 0.0897. The molecule has 3 rings (SSSR count). The Morgan fingerprint density at radius 1 is 1.00 bits per heavy atom. The van der Waals surface area contributed by atoms with Crippen molar-refractivity contribution in [3.63, 3.8) is 0 Å². The molecule has 5 heteroatoms. The lowest BCUT2D eigenvalue weighted by atomic mass is 9.99. The molecule has 0 amide bonds. The normalized spacial score (nSPS) is 10.9. The smallest absolute Gasteiger partial charge is 0.269 e. The number of aromatic nitrogens is 1. The molecule has 0 unspecified atom stereocenters. The molecule has 0 saturated heterocycles. The molecular formula is C21H21FN2O2. The Hall–Kier alpha value is -2.95. The van der Waals surface area contributed by atoms with Gasteiger partial charge in [-0.05, 0) is 61.2 Å². The number of halogens is 1. The number of rotatable bonds is 5. The van der Waals surface area contributed by atoms with E-state index in [0.717, 1.165) is 28.8 Å². The molecule has 0 N–H and O–H groups in total. The number of non-ortho nitro benzene ring substituents is 1. The average Bonchev–Trinajstić information content (AvgIpc) is 2.87. The van der Waals surface area contributed by atoms with Crippen molar-refractivity contribution >= 4 is 5.69 Å². The topological polar surface area (TPSA) is 48.1 Å². The lowest BCUT2D eigenvalue weighted by molar-refractivity contribution is -0.384. The Kier molecular flexibility index (Phi) is 4.89. The maximum absolute atomic E-state index is 13.2. The van der Waals surface area contributed by atoms with Gasteiger partial charge in [0.25, 0.3) is 5.69 Å². The SMILES string of the molecule is CCc1c(-c2ccc([N+](=O)[O-])cc2)c(C)n(Cc2ccc(F)cc2)c1C. The average molecular weight is 352 g/mol. The van der Waals surface area contributed by atoms with Gasteiger partial charge in [-0.25, -0.2) is 4.39 Å². The quantitative estimate of drug-likeness (QED) is 0.454. The monoisotopic (exact) mass is 352 g/mol. The van der Waals surface area contributed by atoms with Crippen molar-refractivity contribution in [2.24, 2.45) is 0 Å². The Labute approximate surface area is 152 Å². The molecule has 26 heavy (non-hydrogen) atoms. The van der Waals surface area contributed by atoms with Gasteiger partial charge in [0.05, 0.1) is 4.92 Å². The van der Waals surface area contributed by atoms with Gasteiger partial charge in [-0.2, -0.15) is 0 Å². The van der Waals surface area contributed by atoms with Crippen LogP contribution in [0.5, 0.6) is 0 Å². The van der Waals surface area contributed by atoms with E-state index in [-0.39, 0.29) is 16.4 Å². The lowest BCUT2D eigenvalue weighted by Crippen LogP contribution is -2.04. The Morgan fingerprint density at radius 3 is 2.15 bits per heavy atom. The summed E-state index contributed by atoms with van der Waals surface area (Å²) >= 11 is 0. The first kappa shape index (κ1) is 17.9. The second-order valence-corrected chi connectivity index (χ2v) is 6.39. The Morgan fingerprint density at radius 2 is 1.62 bits per heavy atom. The summed E-state index contributed by atoms with van der Waals surface area (Å²) in [6.07, 6.45) is 0.870. The number of nitro groups is 1. The van der Waals surface area contributed by atoms with E-state index in [0.29, 0.717) is 6.54 Å². The van der Waals surface area contributed by atoms with Crippen molar-refractivity contribution in [3.8, 4) is 11.1 Å². The number of benzene rings is 2. The van der Waals surface area contributed by atoms with Gasteiger partial charge >= 0.3 is 0 Å². The molecule has 134 valence electrons. The van der Waals surface area contributed by atoms with Gasteiger partial charge in [-0.15, -0.1) is 0 Å². The van der Waals surface area contributed by atoms with E-state index in [9.17, 15) is 14.5 Å². The van der Waals surface area contributed by atoms with E-state index in [2.05, 4.69) is 25.3 Å². The highest BCUT2D eigenvalue weighted by Gasteiger charge is 2.18. The highest BCUT2D eigenvalue weighted by Crippen LogP contribution is 2.34. The summed E-state index contributed by atoms with van der Waals surface area (Å²) in [5.41, 5.74) is 6.74. The van der Waals surface area contributed by atoms with Crippen LogP contribution in [0.25, 0.3) is 11.1 Å². The van der Waals surface area contributed by atoms with Crippen LogP contribution in [0.15, 0.2) is 48.5 Å². The number of nitrogens with zero attached hydrogens (tertiary/aromatic N) is 2. The summed E-state index contributed by atoms with van der Waals surface area (Å²) in [4.78, 5) is 10.5. The maximum Gasteiger partial charge on any atom is 0.269 e. The molecule has 1 aromatic heterocycles. The Balaban J connectivity index is 2.05. The zero-order chi connectivity index (χ0) is 18.8. The minimum atomic E-state index is -0.387. The molecule has 1 heterocycles. The van der Waals surface area contributed by atoms with Crippen LogP contribution in [-0.4, -0.2) is 9.49 Å². The summed E-state index contributed by atoms with van der Waals surface area (Å²) in [5.74, 6) is -0.240. The van der Waals surface area contributed by atoms with Gasteiger partial charge < -0.3 is 4.57 Å². The van der Waals surface area contributed by atoms with Crippen LogP contribution < -0.4 is 0 Å². The molecule has 2 aromatic carbocycles. The van der Waals surface area contributed by atoms with Crippen molar-refractivity contribution in [2.45, 2.75) is 33.7 Å². The maximum atomic E-state index is 13.2. The standard InChI is InChI=1S/C21H21FN2O2/c1-4-20-14(2)23(13-16-5-9-18(22)10-6-16)15(3)21(20)17-7-11-19(12-8-17)24(25)26/h5-12H,4,13H2,1-3H3. The van der Waals surface area contributed by atoms with E-state index in [1.807, 2.05) is 0 Å². The fraction of sp³-hybridized carbons (Fsp3) is 0.238. The van der Waals surface area contributed by atoms with Gasteiger partial charge in [0.15, 0.2) is 0 Å². The fourth-order valence-corrected chi connectivity index (χ4v) is 3.52. The first-order valence-electron chi connectivity index (χ1n) is 8.60. The summed E-state index contributed by atoms with van der Waals surface area (Å²) in [6, 6.07) is 13.2. The number of hydrogen-bond donors (Lipinski definition) is 0. The second-order valence-electron chi connectivity index (χ2n) is 6.39.